The molecule has 104 valence electrons. The van der Waals surface area contributed by atoms with Crippen molar-refractivity contribution in [2.75, 3.05) is 0 Å². The molecule has 19 heavy (non-hydrogen) atoms. The predicted molar refractivity (Wildman–Crippen MR) is 59.8 cm³/mol. The van der Waals surface area contributed by atoms with Crippen LogP contribution in [0.1, 0.15) is 25.2 Å². The molecule has 0 fully saturated rings. The first-order valence-electron chi connectivity index (χ1n) is 5.47. The van der Waals surface area contributed by atoms with Crippen molar-refractivity contribution in [2.45, 2.75) is 26.6 Å². The molecule has 2 aromatic rings. The molecule has 5 nitrogen and oxygen atoms in total. The van der Waals surface area contributed by atoms with Crippen molar-refractivity contribution >= 4 is 0 Å². The van der Waals surface area contributed by atoms with Gasteiger partial charge in [-0.3, -0.25) is 4.98 Å². The van der Waals surface area contributed by atoms with Crippen LogP contribution in [0.25, 0.3) is 11.5 Å². The third-order valence-electron chi connectivity index (χ3n) is 1.97. The third-order valence-corrected chi connectivity index (χ3v) is 1.97. The van der Waals surface area contributed by atoms with Crippen molar-refractivity contribution in [3.05, 3.63) is 29.8 Å². The summed E-state index contributed by atoms with van der Waals surface area (Å²) in [5.41, 5.74) is -1.23. The lowest BCUT2D eigenvalue weighted by atomic mass is 10.1. The highest BCUT2D eigenvalue weighted by Gasteiger charge is 2.35. The first-order chi connectivity index (χ1) is 9.02. The topological polar surface area (TPSA) is 72.0 Å². The first kappa shape index (κ1) is 15.1. The second-order valence-electron chi connectivity index (χ2n) is 3.09. The number of hydrogen-bond acceptors (Lipinski definition) is 5. The van der Waals surface area contributed by atoms with Gasteiger partial charge in [-0.1, -0.05) is 19.0 Å². The Balaban J connectivity index is 0.000000861. The zero-order valence-corrected chi connectivity index (χ0v) is 10.3. The van der Waals surface area contributed by atoms with E-state index >= 15 is 0 Å². The van der Waals surface area contributed by atoms with Gasteiger partial charge in [0.15, 0.2) is 5.82 Å². The maximum atomic E-state index is 12.7. The molecule has 0 bridgehead atoms. The quantitative estimate of drug-likeness (QED) is 0.912. The van der Waals surface area contributed by atoms with Gasteiger partial charge in [0.1, 0.15) is 6.61 Å². The van der Waals surface area contributed by atoms with Gasteiger partial charge in [0.05, 0.1) is 11.1 Å². The van der Waals surface area contributed by atoms with Gasteiger partial charge < -0.3 is 9.63 Å². The van der Waals surface area contributed by atoms with Gasteiger partial charge in [0, 0.05) is 12.4 Å². The number of alkyl halides is 3. The van der Waals surface area contributed by atoms with E-state index in [4.69, 9.17) is 5.11 Å². The minimum atomic E-state index is -4.54. The van der Waals surface area contributed by atoms with E-state index in [1.807, 2.05) is 13.8 Å². The van der Waals surface area contributed by atoms with Gasteiger partial charge in [-0.2, -0.15) is 18.2 Å². The Bertz CT molecular complexity index is 526. The fourth-order valence-corrected chi connectivity index (χ4v) is 1.24. The van der Waals surface area contributed by atoms with Crippen LogP contribution in [0.15, 0.2) is 23.0 Å². The second-order valence-corrected chi connectivity index (χ2v) is 3.09. The molecule has 0 aliphatic rings. The highest BCUT2D eigenvalue weighted by Crippen LogP contribution is 2.35. The molecule has 2 aromatic heterocycles. The molecule has 0 aliphatic carbocycles. The van der Waals surface area contributed by atoms with Crippen LogP contribution in [0.3, 0.4) is 0 Å². The number of hydrogen-bond donors (Lipinski definition) is 1. The molecule has 0 aromatic carbocycles. The standard InChI is InChI=1S/C9H6F3N3O2.C2H6/c10-9(11,12)6-1-2-13-3-5(6)8-14-7(4-16)15-17-8;1-2/h1-3,16H,4H2;1-2H3. The van der Waals surface area contributed by atoms with E-state index in [-0.39, 0.29) is 17.3 Å². The first-order valence-corrected chi connectivity index (χ1v) is 5.47. The monoisotopic (exact) mass is 275 g/mol. The van der Waals surface area contributed by atoms with Crippen molar-refractivity contribution in [1.82, 2.24) is 15.1 Å². The van der Waals surface area contributed by atoms with E-state index in [0.717, 1.165) is 18.5 Å². The Labute approximate surface area is 107 Å². The Morgan fingerprint density at radius 3 is 2.53 bits per heavy atom. The van der Waals surface area contributed by atoms with Gasteiger partial charge >= 0.3 is 6.18 Å². The largest absolute Gasteiger partial charge is 0.417 e. The number of halogens is 3. The van der Waals surface area contributed by atoms with Crippen molar-refractivity contribution in [3.8, 4) is 11.5 Å². The summed E-state index contributed by atoms with van der Waals surface area (Å²) in [4.78, 5) is 7.19. The van der Waals surface area contributed by atoms with Crippen LogP contribution in [-0.2, 0) is 12.8 Å². The summed E-state index contributed by atoms with van der Waals surface area (Å²) in [6.07, 6.45) is -2.53. The fourth-order valence-electron chi connectivity index (χ4n) is 1.24. The van der Waals surface area contributed by atoms with E-state index in [0.29, 0.717) is 0 Å². The van der Waals surface area contributed by atoms with Crippen molar-refractivity contribution < 1.29 is 22.8 Å². The Morgan fingerprint density at radius 1 is 1.32 bits per heavy atom. The van der Waals surface area contributed by atoms with Gasteiger partial charge in [0.25, 0.3) is 5.89 Å². The van der Waals surface area contributed by atoms with E-state index in [9.17, 15) is 13.2 Å². The summed E-state index contributed by atoms with van der Waals surface area (Å²) in [6.45, 7) is 3.49. The maximum Gasteiger partial charge on any atom is 0.417 e. The third kappa shape index (κ3) is 3.50. The van der Waals surface area contributed by atoms with E-state index in [1.54, 1.807) is 0 Å². The molecule has 8 heteroatoms. The Hall–Kier alpha value is -1.96. The molecule has 0 spiro atoms. The van der Waals surface area contributed by atoms with Crippen LogP contribution in [0, 0.1) is 0 Å². The summed E-state index contributed by atoms with van der Waals surface area (Å²) >= 11 is 0. The van der Waals surface area contributed by atoms with Gasteiger partial charge in [-0.25, -0.2) is 0 Å². The van der Waals surface area contributed by atoms with Crippen LogP contribution in [0.4, 0.5) is 13.2 Å². The number of aromatic nitrogens is 3. The van der Waals surface area contributed by atoms with Gasteiger partial charge in [-0.15, -0.1) is 0 Å². The van der Waals surface area contributed by atoms with Crippen LogP contribution in [-0.4, -0.2) is 20.2 Å². The molecule has 0 saturated heterocycles. The van der Waals surface area contributed by atoms with Crippen LogP contribution < -0.4 is 0 Å². The smallest absolute Gasteiger partial charge is 0.388 e. The number of nitrogens with zero attached hydrogens (tertiary/aromatic N) is 3. The number of aliphatic hydroxyl groups excluding tert-OH is 1. The second kappa shape index (κ2) is 6.28. The lowest BCUT2D eigenvalue weighted by Crippen LogP contribution is -2.07. The van der Waals surface area contributed by atoms with E-state index in [2.05, 4.69) is 19.6 Å². The molecule has 2 heterocycles. The minimum absolute atomic E-state index is 0.0861. The summed E-state index contributed by atoms with van der Waals surface area (Å²) in [7, 11) is 0. The summed E-state index contributed by atoms with van der Waals surface area (Å²) in [5, 5.41) is 12.0. The predicted octanol–water partition coefficient (Wildman–Crippen LogP) is 2.67. The molecule has 0 radical (unpaired) electrons. The van der Waals surface area contributed by atoms with Gasteiger partial charge in [0.2, 0.25) is 0 Å². The molecular weight excluding hydrogens is 263 g/mol. The zero-order valence-electron chi connectivity index (χ0n) is 10.3. The normalized spacial score (nSPS) is 10.8. The summed E-state index contributed by atoms with van der Waals surface area (Å²) in [6, 6.07) is 0.818. The van der Waals surface area contributed by atoms with E-state index < -0.39 is 18.3 Å². The molecule has 0 unspecified atom stereocenters. The molecule has 2 rings (SSSR count). The average molecular weight is 275 g/mol. The number of pyridine rings is 1. The Morgan fingerprint density at radius 2 is 2.00 bits per heavy atom. The summed E-state index contributed by atoms with van der Waals surface area (Å²) in [5.74, 6) is -0.411. The van der Waals surface area contributed by atoms with Crippen molar-refractivity contribution in [1.29, 1.82) is 0 Å². The molecule has 0 aliphatic heterocycles. The van der Waals surface area contributed by atoms with Crippen molar-refractivity contribution in [2.24, 2.45) is 0 Å². The summed E-state index contributed by atoms with van der Waals surface area (Å²) < 4.78 is 42.6. The molecule has 0 amide bonds. The molecule has 0 atom stereocenters. The SMILES string of the molecule is CC.OCc1noc(-c2cnccc2C(F)(F)F)n1. The van der Waals surface area contributed by atoms with Gasteiger partial charge in [-0.05, 0) is 6.07 Å². The van der Waals surface area contributed by atoms with Crippen molar-refractivity contribution in [3.63, 3.8) is 0 Å². The Kier molecular flexibility index (Phi) is 4.99. The lowest BCUT2D eigenvalue weighted by Gasteiger charge is -2.08. The average Bonchev–Trinajstić information content (AvgIpc) is 2.89. The van der Waals surface area contributed by atoms with E-state index in [1.165, 1.54) is 0 Å². The molecule has 0 saturated carbocycles. The highest BCUT2D eigenvalue weighted by molar-refractivity contribution is 5.57. The fraction of sp³-hybridized carbons (Fsp3) is 0.364. The minimum Gasteiger partial charge on any atom is -0.388 e. The maximum absolute atomic E-state index is 12.7. The van der Waals surface area contributed by atoms with Crippen LogP contribution in [0.2, 0.25) is 0 Å². The van der Waals surface area contributed by atoms with Crippen LogP contribution in [0.5, 0.6) is 0 Å². The molecule has 1 N–H and O–H groups in total. The zero-order chi connectivity index (χ0) is 14.5. The highest BCUT2D eigenvalue weighted by atomic mass is 19.4. The molecular formula is C11H12F3N3O2. The van der Waals surface area contributed by atoms with Crippen LogP contribution >= 0.6 is 0 Å². The lowest BCUT2D eigenvalue weighted by molar-refractivity contribution is -0.137. The number of rotatable bonds is 2. The number of aliphatic hydroxyl groups is 1.